The molecule has 1 aliphatic carbocycles. The van der Waals surface area contributed by atoms with Crippen LogP contribution in [0.4, 0.5) is 0 Å². The lowest BCUT2D eigenvalue weighted by Gasteiger charge is -2.30. The lowest BCUT2D eigenvalue weighted by molar-refractivity contribution is 0.294. The molecule has 0 saturated heterocycles. The van der Waals surface area contributed by atoms with Gasteiger partial charge in [-0.3, -0.25) is 0 Å². The fraction of sp³-hybridized carbons (Fsp3) is 0.625. The van der Waals surface area contributed by atoms with E-state index < -0.39 is 20.0 Å². The van der Waals surface area contributed by atoms with Gasteiger partial charge in [0, 0.05) is 26.7 Å². The maximum Gasteiger partial charge on any atom is 0.243 e. The zero-order valence-corrected chi connectivity index (χ0v) is 16.3. The predicted molar refractivity (Wildman–Crippen MR) is 97.1 cm³/mol. The summed E-state index contributed by atoms with van der Waals surface area (Å²) < 4.78 is 54.3. The van der Waals surface area contributed by atoms with Crippen molar-refractivity contribution in [1.82, 2.24) is 9.03 Å². The van der Waals surface area contributed by atoms with Crippen LogP contribution in [0.2, 0.25) is 0 Å². The second-order valence-corrected chi connectivity index (χ2v) is 10.4. The number of sulfonamides is 2. The highest BCUT2D eigenvalue weighted by Gasteiger charge is 2.31. The molecular formula is C16H27N3O4S2. The van der Waals surface area contributed by atoms with Crippen molar-refractivity contribution in [2.24, 2.45) is 11.7 Å². The molecule has 1 aromatic carbocycles. The molecule has 9 heteroatoms. The third-order valence-electron chi connectivity index (χ3n) is 4.68. The number of nitrogens with zero attached hydrogens (tertiary/aromatic N) is 1. The standard InChI is InChI=1S/C16H27N3O4S2/c1-19(2)25(22,23)16-11-7-6-10-15(16)24(20,21)18-14(12-17)13-8-4-3-5-9-13/h6-7,10-11,13-14,18H,3-5,8-9,12,17H2,1-2H3. The first kappa shape index (κ1) is 20.3. The number of hydrogen-bond donors (Lipinski definition) is 2. The molecule has 0 amide bonds. The first-order chi connectivity index (χ1) is 11.7. The maximum absolute atomic E-state index is 12.9. The SMILES string of the molecule is CN(C)S(=O)(=O)c1ccccc1S(=O)(=O)NC(CN)C1CCCCC1. The van der Waals surface area contributed by atoms with E-state index in [9.17, 15) is 16.8 Å². The van der Waals surface area contributed by atoms with E-state index in [1.165, 1.54) is 38.4 Å². The van der Waals surface area contributed by atoms with Crippen molar-refractivity contribution in [2.75, 3.05) is 20.6 Å². The third-order valence-corrected chi connectivity index (χ3v) is 8.23. The predicted octanol–water partition coefficient (Wildman–Crippen LogP) is 1.12. The Hall–Kier alpha value is -1.00. The van der Waals surface area contributed by atoms with E-state index in [1.54, 1.807) is 0 Å². The highest BCUT2D eigenvalue weighted by Crippen LogP contribution is 2.28. The first-order valence-corrected chi connectivity index (χ1v) is 11.4. The average molecular weight is 390 g/mol. The van der Waals surface area contributed by atoms with Gasteiger partial charge in [0.15, 0.2) is 0 Å². The van der Waals surface area contributed by atoms with Crippen molar-refractivity contribution in [3.05, 3.63) is 24.3 Å². The molecule has 0 radical (unpaired) electrons. The third kappa shape index (κ3) is 4.59. The molecule has 0 aliphatic heterocycles. The van der Waals surface area contributed by atoms with Crippen LogP contribution in [-0.4, -0.2) is 47.8 Å². The summed E-state index contributed by atoms with van der Waals surface area (Å²) in [6.07, 6.45) is 5.15. The van der Waals surface area contributed by atoms with Crippen LogP contribution in [0.5, 0.6) is 0 Å². The van der Waals surface area contributed by atoms with Crippen molar-refractivity contribution in [2.45, 2.75) is 47.9 Å². The normalized spacial score (nSPS) is 18.4. The van der Waals surface area contributed by atoms with Crippen LogP contribution in [0.15, 0.2) is 34.1 Å². The molecule has 1 aliphatic rings. The van der Waals surface area contributed by atoms with Crippen LogP contribution >= 0.6 is 0 Å². The smallest absolute Gasteiger partial charge is 0.243 e. The number of benzene rings is 1. The fourth-order valence-corrected chi connectivity index (χ4v) is 6.23. The largest absolute Gasteiger partial charge is 0.329 e. The summed E-state index contributed by atoms with van der Waals surface area (Å²) in [7, 11) is -5.14. The van der Waals surface area contributed by atoms with Gasteiger partial charge in [-0.05, 0) is 30.9 Å². The van der Waals surface area contributed by atoms with Crippen LogP contribution in [0, 0.1) is 5.92 Å². The molecule has 1 unspecified atom stereocenters. The Kier molecular flexibility index (Phi) is 6.61. The average Bonchev–Trinajstić information content (AvgIpc) is 2.60. The van der Waals surface area contributed by atoms with Crippen LogP contribution in [0.3, 0.4) is 0 Å². The van der Waals surface area contributed by atoms with E-state index in [0.29, 0.717) is 0 Å². The van der Waals surface area contributed by atoms with Gasteiger partial charge in [-0.2, -0.15) is 0 Å². The molecule has 0 spiro atoms. The highest BCUT2D eigenvalue weighted by molar-refractivity contribution is 7.92. The van der Waals surface area contributed by atoms with Crippen LogP contribution in [0.25, 0.3) is 0 Å². The summed E-state index contributed by atoms with van der Waals surface area (Å²) in [6.45, 7) is 0.187. The fourth-order valence-electron chi connectivity index (χ4n) is 3.22. The van der Waals surface area contributed by atoms with Crippen molar-refractivity contribution in [1.29, 1.82) is 0 Å². The molecular weight excluding hydrogens is 362 g/mol. The van der Waals surface area contributed by atoms with Gasteiger partial charge in [-0.25, -0.2) is 25.9 Å². The van der Waals surface area contributed by atoms with E-state index in [4.69, 9.17) is 5.73 Å². The summed E-state index contributed by atoms with van der Waals surface area (Å²) in [6, 6.07) is 5.26. The zero-order chi connectivity index (χ0) is 18.7. The van der Waals surface area contributed by atoms with E-state index in [1.807, 2.05) is 0 Å². The number of hydrogen-bond acceptors (Lipinski definition) is 5. The summed E-state index contributed by atoms with van der Waals surface area (Å²) in [5.74, 6) is 0.186. The Bertz CT molecular complexity index is 785. The monoisotopic (exact) mass is 389 g/mol. The van der Waals surface area contributed by atoms with Crippen molar-refractivity contribution in [3.8, 4) is 0 Å². The van der Waals surface area contributed by atoms with Gasteiger partial charge in [-0.15, -0.1) is 0 Å². The highest BCUT2D eigenvalue weighted by atomic mass is 32.2. The van der Waals surface area contributed by atoms with E-state index in [0.717, 1.165) is 36.4 Å². The minimum absolute atomic E-state index is 0.186. The van der Waals surface area contributed by atoms with E-state index >= 15 is 0 Å². The Labute approximate surface area is 150 Å². The van der Waals surface area contributed by atoms with E-state index in [2.05, 4.69) is 4.72 Å². The van der Waals surface area contributed by atoms with Crippen LogP contribution in [-0.2, 0) is 20.0 Å². The number of rotatable bonds is 7. The Morgan fingerprint density at radius 3 is 2.16 bits per heavy atom. The van der Waals surface area contributed by atoms with E-state index in [-0.39, 0.29) is 28.3 Å². The molecule has 1 fully saturated rings. The molecule has 3 N–H and O–H groups in total. The van der Waals surface area contributed by atoms with Crippen molar-refractivity contribution < 1.29 is 16.8 Å². The molecule has 1 aromatic rings. The van der Waals surface area contributed by atoms with Gasteiger partial charge >= 0.3 is 0 Å². The second-order valence-electron chi connectivity index (χ2n) is 6.60. The first-order valence-electron chi connectivity index (χ1n) is 8.44. The molecule has 142 valence electrons. The second kappa shape index (κ2) is 8.13. The zero-order valence-electron chi connectivity index (χ0n) is 14.7. The summed E-state index contributed by atoms with van der Waals surface area (Å²) in [5.41, 5.74) is 5.81. The van der Waals surface area contributed by atoms with Gasteiger partial charge in [0.2, 0.25) is 20.0 Å². The summed E-state index contributed by atoms with van der Waals surface area (Å²) >= 11 is 0. The Morgan fingerprint density at radius 1 is 1.08 bits per heavy atom. The number of nitrogens with one attached hydrogen (secondary N) is 1. The maximum atomic E-state index is 12.9. The van der Waals surface area contributed by atoms with Gasteiger partial charge < -0.3 is 5.73 Å². The van der Waals surface area contributed by atoms with Gasteiger partial charge in [-0.1, -0.05) is 31.4 Å². The molecule has 1 saturated carbocycles. The molecule has 25 heavy (non-hydrogen) atoms. The quantitative estimate of drug-likeness (QED) is 0.726. The van der Waals surface area contributed by atoms with Gasteiger partial charge in [0.25, 0.3) is 0 Å². The van der Waals surface area contributed by atoms with Gasteiger partial charge in [0.1, 0.15) is 9.79 Å². The lowest BCUT2D eigenvalue weighted by Crippen LogP contribution is -2.46. The summed E-state index contributed by atoms with van der Waals surface area (Å²) in [5, 5.41) is 0. The molecule has 0 aromatic heterocycles. The number of nitrogens with two attached hydrogens (primary N) is 1. The lowest BCUT2D eigenvalue weighted by atomic mass is 9.84. The Balaban J connectivity index is 2.36. The topological polar surface area (TPSA) is 110 Å². The summed E-state index contributed by atoms with van der Waals surface area (Å²) in [4.78, 5) is -0.468. The molecule has 0 bridgehead atoms. The molecule has 0 heterocycles. The van der Waals surface area contributed by atoms with Crippen LogP contribution < -0.4 is 10.5 Å². The van der Waals surface area contributed by atoms with Crippen LogP contribution in [0.1, 0.15) is 32.1 Å². The minimum Gasteiger partial charge on any atom is -0.329 e. The van der Waals surface area contributed by atoms with Gasteiger partial charge in [0.05, 0.1) is 0 Å². The molecule has 7 nitrogen and oxygen atoms in total. The van der Waals surface area contributed by atoms with Crippen molar-refractivity contribution in [3.63, 3.8) is 0 Å². The Morgan fingerprint density at radius 2 is 1.64 bits per heavy atom. The molecule has 1 atom stereocenters. The van der Waals surface area contributed by atoms with Crippen molar-refractivity contribution >= 4 is 20.0 Å². The minimum atomic E-state index is -4.00. The molecule has 2 rings (SSSR count).